The van der Waals surface area contributed by atoms with Gasteiger partial charge in [-0.1, -0.05) is 41.7 Å². The summed E-state index contributed by atoms with van der Waals surface area (Å²) < 4.78 is 12.3. The third-order valence-corrected chi connectivity index (χ3v) is 6.74. The van der Waals surface area contributed by atoms with Crippen molar-refractivity contribution in [1.82, 2.24) is 9.88 Å². The van der Waals surface area contributed by atoms with Crippen LogP contribution >= 0.6 is 23.7 Å². The smallest absolute Gasteiger partial charge is 0.266 e. The third kappa shape index (κ3) is 5.98. The molecule has 1 aliphatic rings. The molecule has 1 amide bonds. The van der Waals surface area contributed by atoms with E-state index in [1.165, 1.54) is 5.56 Å². The maximum atomic E-state index is 13.2. The van der Waals surface area contributed by atoms with E-state index >= 15 is 0 Å². The van der Waals surface area contributed by atoms with Gasteiger partial charge in [0.15, 0.2) is 11.7 Å². The van der Waals surface area contributed by atoms with Gasteiger partial charge in [0, 0.05) is 26.2 Å². The van der Waals surface area contributed by atoms with Gasteiger partial charge in [0.25, 0.3) is 5.91 Å². The predicted molar refractivity (Wildman–Crippen MR) is 133 cm³/mol. The maximum absolute atomic E-state index is 13.2. The minimum atomic E-state index is -0.0693. The normalized spacial score (nSPS) is 14.2. The zero-order valence-electron chi connectivity index (χ0n) is 18.6. The SMILES string of the molecule is Cc1ccc(C)c2sc(N(CCCN3CCOCC3)C(=O)COc3ccccc3)nc12.Cl. The lowest BCUT2D eigenvalue weighted by Gasteiger charge is -2.27. The van der Waals surface area contributed by atoms with E-state index < -0.39 is 0 Å². The summed E-state index contributed by atoms with van der Waals surface area (Å²) in [5.41, 5.74) is 3.30. The molecule has 0 unspecified atom stereocenters. The van der Waals surface area contributed by atoms with Crippen LogP contribution in [0.4, 0.5) is 5.13 Å². The Bertz CT molecular complexity index is 983. The molecule has 0 radical (unpaired) electrons. The molecule has 0 N–H and O–H groups in total. The highest BCUT2D eigenvalue weighted by Crippen LogP contribution is 2.33. The number of ether oxygens (including phenoxy) is 2. The summed E-state index contributed by atoms with van der Waals surface area (Å²) in [4.78, 5) is 22.2. The van der Waals surface area contributed by atoms with E-state index in [1.54, 1.807) is 16.2 Å². The predicted octanol–water partition coefficient (Wildman–Crippen LogP) is 4.47. The minimum Gasteiger partial charge on any atom is -0.484 e. The number of fused-ring (bicyclic) bond motifs is 1. The number of aryl methyl sites for hydroxylation is 2. The Morgan fingerprint density at radius 2 is 1.84 bits per heavy atom. The fraction of sp³-hybridized carbons (Fsp3) is 0.417. The summed E-state index contributed by atoms with van der Waals surface area (Å²) in [6.07, 6.45) is 0.880. The molecular weight excluding hydrogens is 446 g/mol. The van der Waals surface area contributed by atoms with Crippen LogP contribution in [0.5, 0.6) is 5.75 Å². The monoisotopic (exact) mass is 475 g/mol. The van der Waals surface area contributed by atoms with Crippen LogP contribution in [-0.2, 0) is 9.53 Å². The number of thiazole rings is 1. The lowest BCUT2D eigenvalue weighted by Crippen LogP contribution is -2.40. The molecule has 4 rings (SSSR count). The molecule has 0 atom stereocenters. The van der Waals surface area contributed by atoms with Crippen LogP contribution in [0.15, 0.2) is 42.5 Å². The maximum Gasteiger partial charge on any atom is 0.266 e. The van der Waals surface area contributed by atoms with Crippen LogP contribution in [0.3, 0.4) is 0 Å². The van der Waals surface area contributed by atoms with E-state index in [4.69, 9.17) is 14.5 Å². The average molecular weight is 476 g/mol. The highest BCUT2D eigenvalue weighted by Gasteiger charge is 2.22. The first-order valence-corrected chi connectivity index (χ1v) is 11.6. The molecule has 1 saturated heterocycles. The van der Waals surface area contributed by atoms with Crippen molar-refractivity contribution >= 4 is 45.0 Å². The zero-order valence-corrected chi connectivity index (χ0v) is 20.2. The number of amides is 1. The minimum absolute atomic E-state index is 0. The van der Waals surface area contributed by atoms with Crippen molar-refractivity contribution in [3.05, 3.63) is 53.6 Å². The number of anilines is 1. The molecular formula is C24H30ClN3O3S. The van der Waals surface area contributed by atoms with Gasteiger partial charge in [0.2, 0.25) is 0 Å². The summed E-state index contributed by atoms with van der Waals surface area (Å²) in [5, 5.41) is 0.746. The van der Waals surface area contributed by atoms with Gasteiger partial charge in [-0.25, -0.2) is 4.98 Å². The van der Waals surface area contributed by atoms with Crippen molar-refractivity contribution in [2.75, 3.05) is 50.9 Å². The Hall–Kier alpha value is -2.19. The van der Waals surface area contributed by atoms with Crippen LogP contribution < -0.4 is 9.64 Å². The fourth-order valence-corrected chi connectivity index (χ4v) is 4.86. The van der Waals surface area contributed by atoms with E-state index in [0.29, 0.717) is 12.3 Å². The van der Waals surface area contributed by atoms with Gasteiger partial charge in [0.1, 0.15) is 5.75 Å². The number of morpholine rings is 1. The Labute approximate surface area is 199 Å². The van der Waals surface area contributed by atoms with Gasteiger partial charge in [-0.15, -0.1) is 12.4 Å². The zero-order chi connectivity index (χ0) is 21.6. The van der Waals surface area contributed by atoms with Crippen molar-refractivity contribution in [3.8, 4) is 5.75 Å². The summed E-state index contributed by atoms with van der Waals surface area (Å²) in [6, 6.07) is 13.7. The number of hydrogen-bond acceptors (Lipinski definition) is 6. The molecule has 8 heteroatoms. The van der Waals surface area contributed by atoms with Gasteiger partial charge in [-0.3, -0.25) is 14.6 Å². The number of rotatable bonds is 8. The van der Waals surface area contributed by atoms with Crippen molar-refractivity contribution in [2.24, 2.45) is 0 Å². The number of nitrogens with zero attached hydrogens (tertiary/aromatic N) is 3. The summed E-state index contributed by atoms with van der Waals surface area (Å²) in [5.74, 6) is 0.625. The number of halogens is 1. The second-order valence-corrected chi connectivity index (χ2v) is 8.81. The molecule has 0 spiro atoms. The Morgan fingerprint density at radius 3 is 2.56 bits per heavy atom. The fourth-order valence-electron chi connectivity index (χ4n) is 3.71. The summed E-state index contributed by atoms with van der Waals surface area (Å²) in [7, 11) is 0. The Balaban J connectivity index is 0.00000289. The average Bonchev–Trinajstić information content (AvgIpc) is 3.25. The number of hydrogen-bond donors (Lipinski definition) is 0. The molecule has 3 aromatic rings. The lowest BCUT2D eigenvalue weighted by atomic mass is 10.1. The molecule has 0 saturated carbocycles. The van der Waals surface area contributed by atoms with E-state index in [-0.39, 0.29) is 24.9 Å². The van der Waals surface area contributed by atoms with Gasteiger partial charge in [-0.2, -0.15) is 0 Å². The Morgan fingerprint density at radius 1 is 1.12 bits per heavy atom. The van der Waals surface area contributed by atoms with Gasteiger partial charge >= 0.3 is 0 Å². The van der Waals surface area contributed by atoms with Crippen molar-refractivity contribution in [3.63, 3.8) is 0 Å². The number of carbonyl (C=O) groups is 1. The van der Waals surface area contributed by atoms with E-state index in [0.717, 1.165) is 60.2 Å². The largest absolute Gasteiger partial charge is 0.484 e. The number of benzene rings is 2. The van der Waals surface area contributed by atoms with Crippen LogP contribution in [0.2, 0.25) is 0 Å². The first kappa shape index (κ1) is 24.5. The van der Waals surface area contributed by atoms with Crippen LogP contribution in [0, 0.1) is 13.8 Å². The number of aromatic nitrogens is 1. The molecule has 2 aromatic carbocycles. The molecule has 2 heterocycles. The highest BCUT2D eigenvalue weighted by atomic mass is 35.5. The number of carbonyl (C=O) groups excluding carboxylic acids is 1. The van der Waals surface area contributed by atoms with E-state index in [2.05, 4.69) is 30.9 Å². The molecule has 172 valence electrons. The summed E-state index contributed by atoms with van der Waals surface area (Å²) >= 11 is 1.59. The van der Waals surface area contributed by atoms with Gasteiger partial charge < -0.3 is 9.47 Å². The second-order valence-electron chi connectivity index (χ2n) is 7.83. The third-order valence-electron chi connectivity index (χ3n) is 5.53. The second kappa shape index (κ2) is 11.6. The van der Waals surface area contributed by atoms with Crippen molar-refractivity contribution in [2.45, 2.75) is 20.3 Å². The quantitative estimate of drug-likeness (QED) is 0.481. The molecule has 0 aliphatic carbocycles. The van der Waals surface area contributed by atoms with Crippen molar-refractivity contribution < 1.29 is 14.3 Å². The van der Waals surface area contributed by atoms with Gasteiger partial charge in [-0.05, 0) is 43.5 Å². The standard InChI is InChI=1S/C24H29N3O3S.ClH/c1-18-9-10-19(2)23-22(18)25-24(31-23)27(12-6-11-26-13-15-29-16-14-26)21(28)17-30-20-7-4-3-5-8-20;/h3-5,7-10H,6,11-17H2,1-2H3;1H. The molecule has 1 aliphatic heterocycles. The van der Waals surface area contributed by atoms with Crippen LogP contribution in [-0.4, -0.2) is 61.8 Å². The van der Waals surface area contributed by atoms with E-state index in [1.807, 2.05) is 30.3 Å². The first-order chi connectivity index (χ1) is 15.1. The van der Waals surface area contributed by atoms with Crippen LogP contribution in [0.25, 0.3) is 10.2 Å². The Kier molecular flexibility index (Phi) is 8.87. The highest BCUT2D eigenvalue weighted by molar-refractivity contribution is 7.22. The molecule has 1 aromatic heterocycles. The molecule has 32 heavy (non-hydrogen) atoms. The molecule has 1 fully saturated rings. The molecule has 6 nitrogen and oxygen atoms in total. The first-order valence-electron chi connectivity index (χ1n) is 10.8. The number of para-hydroxylation sites is 1. The van der Waals surface area contributed by atoms with Crippen LogP contribution in [0.1, 0.15) is 17.5 Å². The van der Waals surface area contributed by atoms with Gasteiger partial charge in [0.05, 0.1) is 23.4 Å². The van der Waals surface area contributed by atoms with Crippen molar-refractivity contribution in [1.29, 1.82) is 0 Å². The summed E-state index contributed by atoms with van der Waals surface area (Å²) in [6.45, 7) is 9.17. The topological polar surface area (TPSA) is 54.9 Å². The van der Waals surface area contributed by atoms with E-state index in [9.17, 15) is 4.79 Å². The lowest BCUT2D eigenvalue weighted by molar-refractivity contribution is -0.120. The molecule has 0 bridgehead atoms.